The number of likely N-dealkylation sites (N-methyl/N-ethyl adjacent to an activating group) is 1. The molecule has 2 unspecified atom stereocenters. The van der Waals surface area contributed by atoms with Crippen LogP contribution in [-0.4, -0.2) is 24.0 Å². The summed E-state index contributed by atoms with van der Waals surface area (Å²) in [5.74, 6) is 0.189. The molecule has 1 aliphatic carbocycles. The Kier molecular flexibility index (Phi) is 9.19. The van der Waals surface area contributed by atoms with Crippen LogP contribution in [0.1, 0.15) is 75.5 Å². The average molecular weight is 471 g/mol. The van der Waals surface area contributed by atoms with Gasteiger partial charge >= 0.3 is 6.18 Å². The van der Waals surface area contributed by atoms with E-state index in [4.69, 9.17) is 0 Å². The molecule has 2 nitrogen and oxygen atoms in total. The van der Waals surface area contributed by atoms with Gasteiger partial charge in [0.15, 0.2) is 0 Å². The SMILES string of the molecule is CCN(CCc1ccccc1)C(C)CCC(C#N)(c1ccc(C(F)(F)F)cc1)C1CCCCC1. The van der Waals surface area contributed by atoms with Gasteiger partial charge in [0.1, 0.15) is 0 Å². The molecule has 0 aromatic heterocycles. The van der Waals surface area contributed by atoms with Crippen molar-refractivity contribution in [3.8, 4) is 6.07 Å². The molecule has 1 saturated carbocycles. The van der Waals surface area contributed by atoms with Crippen molar-refractivity contribution in [1.82, 2.24) is 4.90 Å². The normalized spacial score (nSPS) is 17.8. The molecule has 3 rings (SSSR count). The third-order valence-electron chi connectivity index (χ3n) is 7.75. The molecule has 0 N–H and O–H groups in total. The first kappa shape index (κ1) is 26.3. The van der Waals surface area contributed by atoms with Gasteiger partial charge in [-0.15, -0.1) is 0 Å². The second-order valence-corrected chi connectivity index (χ2v) is 9.75. The molecule has 2 atom stereocenters. The van der Waals surface area contributed by atoms with Gasteiger partial charge in [-0.05, 0) is 74.8 Å². The van der Waals surface area contributed by atoms with Gasteiger partial charge in [-0.2, -0.15) is 18.4 Å². The molecule has 0 saturated heterocycles. The number of nitriles is 1. The molecule has 0 aliphatic heterocycles. The lowest BCUT2D eigenvalue weighted by Crippen LogP contribution is -2.39. The minimum Gasteiger partial charge on any atom is -0.301 e. The highest BCUT2D eigenvalue weighted by Crippen LogP contribution is 2.45. The van der Waals surface area contributed by atoms with E-state index in [9.17, 15) is 18.4 Å². The van der Waals surface area contributed by atoms with Crippen molar-refractivity contribution >= 4 is 0 Å². The molecular weight excluding hydrogens is 433 g/mol. The summed E-state index contributed by atoms with van der Waals surface area (Å²) in [7, 11) is 0. The van der Waals surface area contributed by atoms with Crippen LogP contribution in [0.2, 0.25) is 0 Å². The number of benzene rings is 2. The van der Waals surface area contributed by atoms with Gasteiger partial charge < -0.3 is 4.90 Å². The lowest BCUT2D eigenvalue weighted by Gasteiger charge is -2.39. The first-order valence-electron chi connectivity index (χ1n) is 12.7. The van der Waals surface area contributed by atoms with Crippen LogP contribution in [0.3, 0.4) is 0 Å². The largest absolute Gasteiger partial charge is 0.416 e. The summed E-state index contributed by atoms with van der Waals surface area (Å²) in [5.41, 5.74) is 0.663. The van der Waals surface area contributed by atoms with Crippen LogP contribution < -0.4 is 0 Å². The molecule has 0 bridgehead atoms. The third kappa shape index (κ3) is 6.42. The fourth-order valence-corrected chi connectivity index (χ4v) is 5.57. The Labute approximate surface area is 202 Å². The molecule has 184 valence electrons. The predicted octanol–water partition coefficient (Wildman–Crippen LogP) is 7.78. The monoisotopic (exact) mass is 470 g/mol. The molecule has 0 heterocycles. The van der Waals surface area contributed by atoms with Gasteiger partial charge in [-0.1, -0.05) is 68.7 Å². The van der Waals surface area contributed by atoms with Crippen molar-refractivity contribution in [2.75, 3.05) is 13.1 Å². The minimum atomic E-state index is -4.37. The van der Waals surface area contributed by atoms with Crippen molar-refractivity contribution in [2.45, 2.75) is 82.8 Å². The number of alkyl halides is 3. The summed E-state index contributed by atoms with van der Waals surface area (Å²) in [6.07, 6.45) is 3.39. The molecule has 5 heteroatoms. The standard InChI is InChI=1S/C29H37F3N2/c1-3-34(21-19-24-10-6-4-7-11-24)23(2)18-20-28(22-33,25-12-8-5-9-13-25)26-14-16-27(17-15-26)29(30,31)32/h4,6-7,10-11,14-17,23,25H,3,5,8-9,12-13,18-21H2,1-2H3. The Morgan fingerprint density at radius 3 is 2.15 bits per heavy atom. The highest BCUT2D eigenvalue weighted by atomic mass is 19.4. The van der Waals surface area contributed by atoms with Crippen LogP contribution in [-0.2, 0) is 18.0 Å². The molecule has 1 aliphatic rings. The maximum Gasteiger partial charge on any atom is 0.416 e. The molecule has 2 aromatic carbocycles. The Hall–Kier alpha value is -2.32. The number of halogens is 3. The fraction of sp³-hybridized carbons (Fsp3) is 0.552. The lowest BCUT2D eigenvalue weighted by atomic mass is 9.63. The Balaban J connectivity index is 1.77. The van der Waals surface area contributed by atoms with Crippen molar-refractivity contribution in [3.63, 3.8) is 0 Å². The summed E-state index contributed by atoms with van der Waals surface area (Å²) >= 11 is 0. The van der Waals surface area contributed by atoms with E-state index >= 15 is 0 Å². The predicted molar refractivity (Wildman–Crippen MR) is 131 cm³/mol. The zero-order valence-corrected chi connectivity index (χ0v) is 20.5. The smallest absolute Gasteiger partial charge is 0.301 e. The van der Waals surface area contributed by atoms with E-state index in [0.29, 0.717) is 12.5 Å². The number of hydrogen-bond donors (Lipinski definition) is 0. The van der Waals surface area contributed by atoms with E-state index in [2.05, 4.69) is 49.1 Å². The second-order valence-electron chi connectivity index (χ2n) is 9.75. The molecule has 34 heavy (non-hydrogen) atoms. The average Bonchev–Trinajstić information content (AvgIpc) is 2.86. The van der Waals surface area contributed by atoms with Gasteiger partial charge in [0.25, 0.3) is 0 Å². The number of hydrogen-bond acceptors (Lipinski definition) is 2. The van der Waals surface area contributed by atoms with Crippen LogP contribution in [0.25, 0.3) is 0 Å². The molecular formula is C29H37F3N2. The summed E-state index contributed by atoms with van der Waals surface area (Å²) < 4.78 is 39.5. The molecule has 0 amide bonds. The zero-order valence-electron chi connectivity index (χ0n) is 20.5. The molecule has 1 fully saturated rings. The van der Waals surface area contributed by atoms with Crippen LogP contribution >= 0.6 is 0 Å². The van der Waals surface area contributed by atoms with Gasteiger partial charge in [0, 0.05) is 12.6 Å². The molecule has 2 aromatic rings. The van der Waals surface area contributed by atoms with Crippen LogP contribution in [0.5, 0.6) is 0 Å². The van der Waals surface area contributed by atoms with Crippen molar-refractivity contribution < 1.29 is 13.2 Å². The highest BCUT2D eigenvalue weighted by Gasteiger charge is 2.42. The van der Waals surface area contributed by atoms with Gasteiger partial charge in [-0.3, -0.25) is 0 Å². The first-order chi connectivity index (χ1) is 16.3. The molecule has 0 radical (unpaired) electrons. The van der Waals surface area contributed by atoms with Gasteiger partial charge in [-0.25, -0.2) is 0 Å². The number of rotatable bonds is 10. The maximum atomic E-state index is 13.2. The Morgan fingerprint density at radius 1 is 0.971 bits per heavy atom. The van der Waals surface area contributed by atoms with Crippen LogP contribution in [0.15, 0.2) is 54.6 Å². The Bertz CT molecular complexity index is 911. The van der Waals surface area contributed by atoms with Crippen LogP contribution in [0.4, 0.5) is 13.2 Å². The van der Waals surface area contributed by atoms with E-state index in [0.717, 1.165) is 69.3 Å². The molecule has 0 spiro atoms. The van der Waals surface area contributed by atoms with E-state index in [1.165, 1.54) is 12.0 Å². The van der Waals surface area contributed by atoms with Gasteiger partial charge in [0.05, 0.1) is 17.0 Å². The summed E-state index contributed by atoms with van der Waals surface area (Å²) in [6.45, 7) is 6.25. The van der Waals surface area contributed by atoms with Crippen molar-refractivity contribution in [2.24, 2.45) is 5.92 Å². The summed E-state index contributed by atoms with van der Waals surface area (Å²) in [5, 5.41) is 10.5. The highest BCUT2D eigenvalue weighted by molar-refractivity contribution is 5.37. The third-order valence-corrected chi connectivity index (χ3v) is 7.75. The quantitative estimate of drug-likeness (QED) is 0.354. The van der Waals surface area contributed by atoms with E-state index < -0.39 is 17.2 Å². The van der Waals surface area contributed by atoms with E-state index in [1.54, 1.807) is 12.1 Å². The summed E-state index contributed by atoms with van der Waals surface area (Å²) in [4.78, 5) is 2.45. The lowest BCUT2D eigenvalue weighted by molar-refractivity contribution is -0.137. The zero-order chi connectivity index (χ0) is 24.6. The maximum absolute atomic E-state index is 13.2. The first-order valence-corrected chi connectivity index (χ1v) is 12.7. The fourth-order valence-electron chi connectivity index (χ4n) is 5.57. The van der Waals surface area contributed by atoms with Gasteiger partial charge in [0.2, 0.25) is 0 Å². The minimum absolute atomic E-state index is 0.189. The van der Waals surface area contributed by atoms with E-state index in [1.807, 2.05) is 6.07 Å². The topological polar surface area (TPSA) is 27.0 Å². The van der Waals surface area contributed by atoms with Crippen molar-refractivity contribution in [1.29, 1.82) is 5.26 Å². The summed E-state index contributed by atoms with van der Waals surface area (Å²) in [6, 6.07) is 18.8. The van der Waals surface area contributed by atoms with Crippen LogP contribution in [0, 0.1) is 17.2 Å². The Morgan fingerprint density at radius 2 is 1.59 bits per heavy atom. The van der Waals surface area contributed by atoms with E-state index in [-0.39, 0.29) is 5.92 Å². The second kappa shape index (κ2) is 11.9. The number of nitrogens with zero attached hydrogens (tertiary/aromatic N) is 2. The van der Waals surface area contributed by atoms with Crippen molar-refractivity contribution in [3.05, 3.63) is 71.3 Å².